The van der Waals surface area contributed by atoms with Crippen LogP contribution in [0.5, 0.6) is 11.5 Å². The van der Waals surface area contributed by atoms with Crippen LogP contribution >= 0.6 is 0 Å². The van der Waals surface area contributed by atoms with Crippen molar-refractivity contribution in [2.24, 2.45) is 0 Å². The third-order valence-electron chi connectivity index (χ3n) is 5.31. The monoisotopic (exact) mass is 412 g/mol. The number of aliphatic hydroxyl groups is 1. The molecule has 0 aromatic heterocycles. The molecular formula is C23H28N2O5. The molecule has 2 aromatic carbocycles. The maximum Gasteiger partial charge on any atom is 0.325 e. The lowest BCUT2D eigenvalue weighted by Crippen LogP contribution is -2.42. The summed E-state index contributed by atoms with van der Waals surface area (Å²) in [7, 11) is 1.56. The Labute approximate surface area is 176 Å². The van der Waals surface area contributed by atoms with Gasteiger partial charge in [-0.05, 0) is 42.2 Å². The van der Waals surface area contributed by atoms with E-state index in [2.05, 4.69) is 19.2 Å². The summed E-state index contributed by atoms with van der Waals surface area (Å²) in [4.78, 5) is 26.5. The maximum absolute atomic E-state index is 13.0. The summed E-state index contributed by atoms with van der Waals surface area (Å²) >= 11 is 0. The zero-order valence-electron chi connectivity index (χ0n) is 17.7. The Morgan fingerprint density at radius 3 is 2.40 bits per heavy atom. The first-order valence-electron chi connectivity index (χ1n) is 9.94. The van der Waals surface area contributed by atoms with Crippen LogP contribution in [0, 0.1) is 0 Å². The standard InChI is InChI=1S/C23H28N2O5/c1-15(2)19-7-5-6-8-20(19)30-14-17(26)13-25-21(27)23(3,24-22(25)28)16-9-11-18(29-4)12-10-16/h5-12,15,17,26H,13-14H2,1-4H3,(H,24,28)/t17-,23-/m0/s1. The first-order chi connectivity index (χ1) is 14.3. The van der Waals surface area contributed by atoms with Crippen molar-refractivity contribution in [2.45, 2.75) is 38.3 Å². The SMILES string of the molecule is COc1ccc([C@]2(C)NC(=O)N(C[C@H](O)COc3ccccc3C(C)C)C2=O)cc1. The maximum atomic E-state index is 13.0. The summed E-state index contributed by atoms with van der Waals surface area (Å²) in [6.07, 6.45) is -1.02. The number of imide groups is 1. The van der Waals surface area contributed by atoms with Crippen molar-refractivity contribution in [3.05, 3.63) is 59.7 Å². The van der Waals surface area contributed by atoms with Crippen LogP contribution in [-0.2, 0) is 10.3 Å². The van der Waals surface area contributed by atoms with Gasteiger partial charge in [-0.15, -0.1) is 0 Å². The van der Waals surface area contributed by atoms with Gasteiger partial charge >= 0.3 is 6.03 Å². The molecule has 0 unspecified atom stereocenters. The number of rotatable bonds is 8. The van der Waals surface area contributed by atoms with Crippen molar-refractivity contribution in [1.29, 1.82) is 0 Å². The van der Waals surface area contributed by atoms with Crippen molar-refractivity contribution in [3.63, 3.8) is 0 Å². The summed E-state index contributed by atoms with van der Waals surface area (Å²) in [5, 5.41) is 13.2. The molecule has 0 saturated carbocycles. The topological polar surface area (TPSA) is 88.1 Å². The van der Waals surface area contributed by atoms with Crippen molar-refractivity contribution >= 4 is 11.9 Å². The number of carbonyl (C=O) groups excluding carboxylic acids is 2. The predicted molar refractivity (Wildman–Crippen MR) is 113 cm³/mol. The summed E-state index contributed by atoms with van der Waals surface area (Å²) in [6.45, 7) is 5.59. The number of ether oxygens (including phenoxy) is 2. The Hall–Kier alpha value is -3.06. The molecule has 7 heteroatoms. The second kappa shape index (κ2) is 8.75. The molecule has 3 rings (SSSR count). The Kier molecular flexibility index (Phi) is 6.31. The fourth-order valence-corrected chi connectivity index (χ4v) is 3.52. The van der Waals surface area contributed by atoms with Crippen LogP contribution in [-0.4, -0.2) is 48.3 Å². The van der Waals surface area contributed by atoms with E-state index in [1.165, 1.54) is 0 Å². The van der Waals surface area contributed by atoms with Crippen molar-refractivity contribution in [1.82, 2.24) is 10.2 Å². The molecule has 1 aliphatic heterocycles. The summed E-state index contributed by atoms with van der Waals surface area (Å²) in [5.41, 5.74) is 0.473. The quantitative estimate of drug-likeness (QED) is 0.651. The van der Waals surface area contributed by atoms with Crippen LogP contribution in [0.4, 0.5) is 4.79 Å². The van der Waals surface area contributed by atoms with E-state index >= 15 is 0 Å². The number of nitrogens with zero attached hydrogens (tertiary/aromatic N) is 1. The third kappa shape index (κ3) is 4.26. The number of hydrogen-bond acceptors (Lipinski definition) is 5. The number of aliphatic hydroxyl groups excluding tert-OH is 1. The van der Waals surface area contributed by atoms with E-state index in [1.807, 2.05) is 24.3 Å². The highest BCUT2D eigenvalue weighted by Gasteiger charge is 2.49. The van der Waals surface area contributed by atoms with Gasteiger partial charge in [-0.1, -0.05) is 44.2 Å². The molecule has 0 aliphatic carbocycles. The number of methoxy groups -OCH3 is 1. The van der Waals surface area contributed by atoms with Crippen LogP contribution < -0.4 is 14.8 Å². The number of carbonyl (C=O) groups is 2. The molecule has 0 bridgehead atoms. The van der Waals surface area contributed by atoms with Gasteiger partial charge in [0, 0.05) is 0 Å². The summed E-state index contributed by atoms with van der Waals surface area (Å²) in [6, 6.07) is 14.0. The van der Waals surface area contributed by atoms with Gasteiger partial charge < -0.3 is 19.9 Å². The molecule has 0 spiro atoms. The molecule has 1 heterocycles. The Morgan fingerprint density at radius 1 is 1.10 bits per heavy atom. The highest BCUT2D eigenvalue weighted by molar-refractivity contribution is 6.07. The number of para-hydroxylation sites is 1. The summed E-state index contributed by atoms with van der Waals surface area (Å²) in [5.74, 6) is 1.20. The van der Waals surface area contributed by atoms with Gasteiger partial charge in [-0.2, -0.15) is 0 Å². The molecule has 0 radical (unpaired) electrons. The molecule has 1 saturated heterocycles. The van der Waals surface area contributed by atoms with Gasteiger partial charge in [0.05, 0.1) is 13.7 Å². The van der Waals surface area contributed by atoms with Gasteiger partial charge in [0.25, 0.3) is 5.91 Å². The number of nitrogens with one attached hydrogen (secondary N) is 1. The zero-order valence-corrected chi connectivity index (χ0v) is 17.7. The molecule has 30 heavy (non-hydrogen) atoms. The predicted octanol–water partition coefficient (Wildman–Crippen LogP) is 3.03. The van der Waals surface area contributed by atoms with Crippen LogP contribution in [0.1, 0.15) is 37.8 Å². The molecule has 1 aliphatic rings. The van der Waals surface area contributed by atoms with Crippen LogP contribution in [0.15, 0.2) is 48.5 Å². The highest BCUT2D eigenvalue weighted by Crippen LogP contribution is 2.30. The lowest BCUT2D eigenvalue weighted by atomic mass is 9.92. The zero-order chi connectivity index (χ0) is 21.9. The lowest BCUT2D eigenvalue weighted by Gasteiger charge is -2.23. The van der Waals surface area contributed by atoms with E-state index in [4.69, 9.17) is 9.47 Å². The number of urea groups is 1. The van der Waals surface area contributed by atoms with Gasteiger partial charge in [-0.3, -0.25) is 9.69 Å². The fourth-order valence-electron chi connectivity index (χ4n) is 3.52. The van der Waals surface area contributed by atoms with Crippen molar-refractivity contribution in [3.8, 4) is 11.5 Å². The molecule has 2 N–H and O–H groups in total. The van der Waals surface area contributed by atoms with Crippen molar-refractivity contribution in [2.75, 3.05) is 20.3 Å². The number of β-amino-alcohol motifs (C(OH)–C–C–N with tert-alkyl or cyclic N) is 1. The number of hydrogen-bond donors (Lipinski definition) is 2. The Morgan fingerprint density at radius 2 is 1.77 bits per heavy atom. The largest absolute Gasteiger partial charge is 0.497 e. The van der Waals surface area contributed by atoms with E-state index in [1.54, 1.807) is 38.3 Å². The van der Waals surface area contributed by atoms with E-state index < -0.39 is 23.6 Å². The normalized spacial score (nSPS) is 19.7. The fraction of sp³-hybridized carbons (Fsp3) is 0.391. The minimum absolute atomic E-state index is 0.0277. The Balaban J connectivity index is 1.66. The van der Waals surface area contributed by atoms with Gasteiger partial charge in [-0.25, -0.2) is 4.79 Å². The number of amides is 3. The van der Waals surface area contributed by atoms with E-state index in [9.17, 15) is 14.7 Å². The van der Waals surface area contributed by atoms with Crippen LogP contribution in [0.25, 0.3) is 0 Å². The summed E-state index contributed by atoms with van der Waals surface area (Å²) < 4.78 is 10.9. The van der Waals surface area contributed by atoms with E-state index in [-0.39, 0.29) is 19.1 Å². The minimum atomic E-state index is -1.20. The average Bonchev–Trinajstić information content (AvgIpc) is 2.96. The van der Waals surface area contributed by atoms with Crippen LogP contribution in [0.2, 0.25) is 0 Å². The van der Waals surface area contributed by atoms with E-state index in [0.717, 1.165) is 10.5 Å². The first-order valence-corrected chi connectivity index (χ1v) is 9.94. The molecule has 1 fully saturated rings. The third-order valence-corrected chi connectivity index (χ3v) is 5.31. The van der Waals surface area contributed by atoms with Gasteiger partial charge in [0.1, 0.15) is 29.7 Å². The lowest BCUT2D eigenvalue weighted by molar-refractivity contribution is -0.132. The minimum Gasteiger partial charge on any atom is -0.497 e. The molecule has 3 amide bonds. The number of benzene rings is 2. The molecular weight excluding hydrogens is 384 g/mol. The highest BCUT2D eigenvalue weighted by atomic mass is 16.5. The van der Waals surface area contributed by atoms with Gasteiger partial charge in [0.2, 0.25) is 0 Å². The second-order valence-corrected chi connectivity index (χ2v) is 7.86. The van der Waals surface area contributed by atoms with Gasteiger partial charge in [0.15, 0.2) is 0 Å². The smallest absolute Gasteiger partial charge is 0.325 e. The second-order valence-electron chi connectivity index (χ2n) is 7.86. The van der Waals surface area contributed by atoms with Crippen LogP contribution in [0.3, 0.4) is 0 Å². The van der Waals surface area contributed by atoms with E-state index in [0.29, 0.717) is 17.1 Å². The molecule has 2 atom stereocenters. The molecule has 7 nitrogen and oxygen atoms in total. The molecule has 2 aromatic rings. The first kappa shape index (κ1) is 21.6. The van der Waals surface area contributed by atoms with Crippen molar-refractivity contribution < 1.29 is 24.2 Å². The average molecular weight is 412 g/mol. The molecule has 160 valence electrons. The Bertz CT molecular complexity index is 912.